The highest BCUT2D eigenvalue weighted by molar-refractivity contribution is 6.32. The fourth-order valence-electron chi connectivity index (χ4n) is 1.60. The third-order valence-electron chi connectivity index (χ3n) is 2.55. The van der Waals surface area contributed by atoms with Crippen LogP contribution >= 0.6 is 11.6 Å². The Morgan fingerprint density at radius 3 is 2.78 bits per heavy atom. The second kappa shape index (κ2) is 5.74. The Labute approximate surface area is 111 Å². The van der Waals surface area contributed by atoms with Gasteiger partial charge in [-0.3, -0.25) is 4.98 Å². The first-order valence-corrected chi connectivity index (χ1v) is 5.94. The average molecular weight is 264 g/mol. The lowest BCUT2D eigenvalue weighted by Gasteiger charge is -2.10. The third kappa shape index (κ3) is 2.93. The van der Waals surface area contributed by atoms with Gasteiger partial charge in [0.25, 0.3) is 0 Å². The van der Waals surface area contributed by atoms with Crippen molar-refractivity contribution in [3.05, 3.63) is 52.8 Å². The number of aromatic nitrogens is 1. The first kappa shape index (κ1) is 12.7. The van der Waals surface area contributed by atoms with Gasteiger partial charge in [-0.2, -0.15) is 0 Å². The van der Waals surface area contributed by atoms with E-state index in [1.54, 1.807) is 25.6 Å². The van der Waals surface area contributed by atoms with E-state index < -0.39 is 0 Å². The van der Waals surface area contributed by atoms with Crippen LogP contribution in [-0.2, 0) is 6.61 Å². The zero-order valence-electron chi connectivity index (χ0n) is 10.3. The Balaban J connectivity index is 2.11. The third-order valence-corrected chi connectivity index (χ3v) is 2.84. The maximum absolute atomic E-state index is 6.10. The molecule has 0 aliphatic carbocycles. The van der Waals surface area contributed by atoms with Crippen LogP contribution in [0.1, 0.15) is 11.1 Å². The van der Waals surface area contributed by atoms with Gasteiger partial charge in [0.15, 0.2) is 0 Å². The van der Waals surface area contributed by atoms with Gasteiger partial charge in [0.2, 0.25) is 0 Å². The van der Waals surface area contributed by atoms with E-state index in [1.165, 1.54) is 0 Å². The maximum atomic E-state index is 6.10. The average Bonchev–Trinajstić information content (AvgIpc) is 2.38. The van der Waals surface area contributed by atoms with Crippen LogP contribution in [-0.4, -0.2) is 12.1 Å². The number of hydrogen-bond donors (Lipinski definition) is 0. The van der Waals surface area contributed by atoms with Crippen molar-refractivity contribution in [1.29, 1.82) is 0 Å². The molecule has 0 bridgehead atoms. The van der Waals surface area contributed by atoms with Crippen LogP contribution in [0.4, 0.5) is 0 Å². The molecule has 1 aromatic carbocycles. The number of nitrogens with zero attached hydrogens (tertiary/aromatic N) is 1. The molecule has 0 spiro atoms. The van der Waals surface area contributed by atoms with E-state index in [0.717, 1.165) is 16.9 Å². The maximum Gasteiger partial charge on any atom is 0.138 e. The topological polar surface area (TPSA) is 31.4 Å². The van der Waals surface area contributed by atoms with Crippen LogP contribution in [0, 0.1) is 6.92 Å². The monoisotopic (exact) mass is 263 g/mol. The molecule has 0 unspecified atom stereocenters. The van der Waals surface area contributed by atoms with Crippen LogP contribution in [0.15, 0.2) is 36.7 Å². The number of benzene rings is 1. The van der Waals surface area contributed by atoms with Gasteiger partial charge in [-0.15, -0.1) is 0 Å². The van der Waals surface area contributed by atoms with Crippen LogP contribution in [0.3, 0.4) is 0 Å². The Morgan fingerprint density at radius 1 is 1.22 bits per heavy atom. The predicted molar refractivity (Wildman–Crippen MR) is 71.3 cm³/mol. The molecule has 2 aromatic rings. The molecule has 18 heavy (non-hydrogen) atoms. The van der Waals surface area contributed by atoms with Gasteiger partial charge in [-0.05, 0) is 30.7 Å². The van der Waals surface area contributed by atoms with E-state index in [4.69, 9.17) is 21.1 Å². The molecular weight excluding hydrogens is 250 g/mol. The van der Waals surface area contributed by atoms with Gasteiger partial charge < -0.3 is 9.47 Å². The van der Waals surface area contributed by atoms with E-state index in [-0.39, 0.29) is 0 Å². The smallest absolute Gasteiger partial charge is 0.138 e. The second-order valence-corrected chi connectivity index (χ2v) is 4.32. The summed E-state index contributed by atoms with van der Waals surface area (Å²) in [6, 6.07) is 7.50. The summed E-state index contributed by atoms with van der Waals surface area (Å²) in [6.07, 6.45) is 3.40. The molecule has 0 aliphatic heterocycles. The standard InChI is InChI=1S/C14H14ClNO2/c1-10-3-4-14(12(15)7-10)18-9-11-8-16-6-5-13(11)17-2/h3-8H,9H2,1-2H3. The quantitative estimate of drug-likeness (QED) is 0.844. The SMILES string of the molecule is COc1ccncc1COc1ccc(C)cc1Cl. The molecule has 2 rings (SSSR count). The highest BCUT2D eigenvalue weighted by Crippen LogP contribution is 2.27. The molecule has 0 saturated carbocycles. The first-order valence-electron chi connectivity index (χ1n) is 5.56. The number of rotatable bonds is 4. The van der Waals surface area contributed by atoms with E-state index in [1.807, 2.05) is 25.1 Å². The van der Waals surface area contributed by atoms with Gasteiger partial charge >= 0.3 is 0 Å². The van der Waals surface area contributed by atoms with Gasteiger partial charge in [0.05, 0.1) is 12.1 Å². The Kier molecular flexibility index (Phi) is 4.05. The predicted octanol–water partition coefficient (Wildman–Crippen LogP) is 3.63. The molecule has 0 N–H and O–H groups in total. The minimum atomic E-state index is 0.375. The summed E-state index contributed by atoms with van der Waals surface area (Å²) in [5.41, 5.74) is 1.99. The van der Waals surface area contributed by atoms with Crippen molar-refractivity contribution < 1.29 is 9.47 Å². The largest absolute Gasteiger partial charge is 0.496 e. The number of aryl methyl sites for hydroxylation is 1. The molecule has 1 heterocycles. The van der Waals surface area contributed by atoms with Gasteiger partial charge in [0, 0.05) is 18.0 Å². The lowest BCUT2D eigenvalue weighted by Crippen LogP contribution is -1.99. The van der Waals surface area contributed by atoms with Crippen molar-refractivity contribution in [2.24, 2.45) is 0 Å². The Bertz CT molecular complexity index is 543. The molecule has 0 amide bonds. The van der Waals surface area contributed by atoms with Gasteiger partial charge in [-0.25, -0.2) is 0 Å². The summed E-state index contributed by atoms with van der Waals surface area (Å²) < 4.78 is 10.9. The van der Waals surface area contributed by atoms with Crippen molar-refractivity contribution in [1.82, 2.24) is 4.98 Å². The summed E-state index contributed by atoms with van der Waals surface area (Å²) in [6.45, 7) is 2.36. The van der Waals surface area contributed by atoms with Crippen molar-refractivity contribution in [3.8, 4) is 11.5 Å². The normalized spacial score (nSPS) is 10.2. The van der Waals surface area contributed by atoms with Crippen molar-refractivity contribution >= 4 is 11.6 Å². The van der Waals surface area contributed by atoms with Crippen molar-refractivity contribution in [3.63, 3.8) is 0 Å². The lowest BCUT2D eigenvalue weighted by atomic mass is 10.2. The van der Waals surface area contributed by atoms with Crippen molar-refractivity contribution in [2.45, 2.75) is 13.5 Å². The molecule has 0 saturated heterocycles. The number of methoxy groups -OCH3 is 1. The van der Waals surface area contributed by atoms with Gasteiger partial charge in [-0.1, -0.05) is 17.7 Å². The van der Waals surface area contributed by atoms with Crippen LogP contribution in [0.25, 0.3) is 0 Å². The highest BCUT2D eigenvalue weighted by atomic mass is 35.5. The van der Waals surface area contributed by atoms with Gasteiger partial charge in [0.1, 0.15) is 18.1 Å². The number of halogens is 1. The van der Waals surface area contributed by atoms with E-state index in [2.05, 4.69) is 4.98 Å². The van der Waals surface area contributed by atoms with E-state index in [0.29, 0.717) is 17.4 Å². The zero-order valence-corrected chi connectivity index (χ0v) is 11.1. The Hall–Kier alpha value is -1.74. The lowest BCUT2D eigenvalue weighted by molar-refractivity contribution is 0.296. The molecule has 3 nitrogen and oxygen atoms in total. The molecule has 0 aliphatic rings. The second-order valence-electron chi connectivity index (χ2n) is 3.91. The minimum absolute atomic E-state index is 0.375. The molecule has 0 radical (unpaired) electrons. The van der Waals surface area contributed by atoms with Crippen LogP contribution in [0.5, 0.6) is 11.5 Å². The van der Waals surface area contributed by atoms with E-state index in [9.17, 15) is 0 Å². The molecule has 94 valence electrons. The molecule has 0 fully saturated rings. The van der Waals surface area contributed by atoms with Crippen molar-refractivity contribution in [2.75, 3.05) is 7.11 Å². The fraction of sp³-hybridized carbons (Fsp3) is 0.214. The summed E-state index contributed by atoms with van der Waals surface area (Å²) >= 11 is 6.10. The molecular formula is C14H14ClNO2. The van der Waals surface area contributed by atoms with E-state index >= 15 is 0 Å². The molecule has 1 aromatic heterocycles. The number of ether oxygens (including phenoxy) is 2. The Morgan fingerprint density at radius 2 is 2.06 bits per heavy atom. The fourth-order valence-corrected chi connectivity index (χ4v) is 1.89. The van der Waals surface area contributed by atoms with Crippen LogP contribution in [0.2, 0.25) is 5.02 Å². The number of hydrogen-bond acceptors (Lipinski definition) is 3. The summed E-state index contributed by atoms with van der Waals surface area (Å²) in [5.74, 6) is 1.42. The molecule has 4 heteroatoms. The summed E-state index contributed by atoms with van der Waals surface area (Å²) in [4.78, 5) is 4.05. The van der Waals surface area contributed by atoms with Crippen LogP contribution < -0.4 is 9.47 Å². The summed E-state index contributed by atoms with van der Waals surface area (Å²) in [5, 5.41) is 0.609. The highest BCUT2D eigenvalue weighted by Gasteiger charge is 2.06. The molecule has 0 atom stereocenters. The minimum Gasteiger partial charge on any atom is -0.496 e. The number of pyridine rings is 1. The summed E-state index contributed by atoms with van der Waals surface area (Å²) in [7, 11) is 1.62. The zero-order chi connectivity index (χ0) is 13.0. The first-order chi connectivity index (χ1) is 8.70.